The van der Waals surface area contributed by atoms with E-state index in [1.165, 1.54) is 25.7 Å². The van der Waals surface area contributed by atoms with Crippen molar-refractivity contribution in [3.63, 3.8) is 0 Å². The van der Waals surface area contributed by atoms with Gasteiger partial charge in [-0.1, -0.05) is 18.6 Å². The molecular formula is C12H18O2. The number of esters is 1. The first kappa shape index (κ1) is 9.75. The molecule has 0 heterocycles. The van der Waals surface area contributed by atoms with E-state index < -0.39 is 0 Å². The molecule has 3 unspecified atom stereocenters. The highest BCUT2D eigenvalue weighted by Gasteiger charge is 2.53. The normalized spacial score (nSPS) is 35.4. The SMILES string of the molecule is CCOC(=O)C1C2C=CCCCCC21. The zero-order valence-electron chi connectivity index (χ0n) is 8.74. The molecule has 0 spiro atoms. The average Bonchev–Trinajstić information content (AvgIpc) is 2.77. The predicted octanol–water partition coefficient (Wildman–Crippen LogP) is 2.54. The predicted molar refractivity (Wildman–Crippen MR) is 54.7 cm³/mol. The van der Waals surface area contributed by atoms with Gasteiger partial charge in [0.2, 0.25) is 0 Å². The maximum absolute atomic E-state index is 11.5. The Hall–Kier alpha value is -0.790. The Kier molecular flexibility index (Phi) is 2.90. The Morgan fingerprint density at radius 1 is 1.50 bits per heavy atom. The lowest BCUT2D eigenvalue weighted by molar-refractivity contribution is -0.145. The minimum Gasteiger partial charge on any atom is -0.466 e. The Morgan fingerprint density at radius 2 is 2.36 bits per heavy atom. The summed E-state index contributed by atoms with van der Waals surface area (Å²) in [5, 5.41) is 0. The van der Waals surface area contributed by atoms with Gasteiger partial charge in [-0.25, -0.2) is 0 Å². The van der Waals surface area contributed by atoms with E-state index in [-0.39, 0.29) is 11.9 Å². The summed E-state index contributed by atoms with van der Waals surface area (Å²) in [6.07, 6.45) is 9.38. The molecular weight excluding hydrogens is 176 g/mol. The van der Waals surface area contributed by atoms with Crippen LogP contribution < -0.4 is 0 Å². The summed E-state index contributed by atoms with van der Waals surface area (Å²) < 4.78 is 5.07. The third kappa shape index (κ3) is 1.84. The zero-order chi connectivity index (χ0) is 9.97. The number of allylic oxidation sites excluding steroid dienone is 2. The van der Waals surface area contributed by atoms with Crippen molar-refractivity contribution in [2.45, 2.75) is 32.6 Å². The standard InChI is InChI=1S/C12H18O2/c1-2-14-12(13)11-9-7-5-3-4-6-8-10(9)11/h5,7,9-11H,2-4,6,8H2,1H3. The molecule has 2 rings (SSSR count). The minimum atomic E-state index is 0.0223. The van der Waals surface area contributed by atoms with E-state index in [0.29, 0.717) is 18.4 Å². The second-order valence-electron chi connectivity index (χ2n) is 4.23. The van der Waals surface area contributed by atoms with Crippen LogP contribution in [0, 0.1) is 17.8 Å². The first-order chi connectivity index (χ1) is 6.84. The van der Waals surface area contributed by atoms with Gasteiger partial charge in [-0.05, 0) is 38.0 Å². The molecule has 0 bridgehead atoms. The van der Waals surface area contributed by atoms with Crippen molar-refractivity contribution in [3.8, 4) is 0 Å². The number of fused-ring (bicyclic) bond motifs is 1. The lowest BCUT2D eigenvalue weighted by Crippen LogP contribution is -2.08. The third-order valence-electron chi connectivity index (χ3n) is 3.30. The van der Waals surface area contributed by atoms with Crippen LogP contribution in [0.1, 0.15) is 32.6 Å². The Labute approximate surface area is 85.3 Å². The Balaban J connectivity index is 1.94. The van der Waals surface area contributed by atoms with Crippen LogP contribution in [-0.4, -0.2) is 12.6 Å². The largest absolute Gasteiger partial charge is 0.466 e. The van der Waals surface area contributed by atoms with Crippen LogP contribution in [0.25, 0.3) is 0 Å². The summed E-state index contributed by atoms with van der Waals surface area (Å²) in [4.78, 5) is 11.5. The molecule has 0 aromatic carbocycles. The average molecular weight is 194 g/mol. The minimum absolute atomic E-state index is 0.0223. The molecule has 1 saturated carbocycles. The highest BCUT2D eigenvalue weighted by molar-refractivity contribution is 5.77. The van der Waals surface area contributed by atoms with Gasteiger partial charge < -0.3 is 4.74 Å². The number of hydrogen-bond acceptors (Lipinski definition) is 2. The second-order valence-corrected chi connectivity index (χ2v) is 4.23. The summed E-state index contributed by atoms with van der Waals surface area (Å²) in [6.45, 7) is 2.39. The van der Waals surface area contributed by atoms with E-state index in [9.17, 15) is 4.79 Å². The number of rotatable bonds is 2. The van der Waals surface area contributed by atoms with Crippen LogP contribution in [0.4, 0.5) is 0 Å². The van der Waals surface area contributed by atoms with Gasteiger partial charge in [-0.15, -0.1) is 0 Å². The maximum Gasteiger partial charge on any atom is 0.309 e. The number of carbonyl (C=O) groups excluding carboxylic acids is 1. The summed E-state index contributed by atoms with van der Waals surface area (Å²) in [6, 6.07) is 0. The quantitative estimate of drug-likeness (QED) is 0.499. The molecule has 14 heavy (non-hydrogen) atoms. The van der Waals surface area contributed by atoms with Gasteiger partial charge in [0.05, 0.1) is 12.5 Å². The van der Waals surface area contributed by atoms with Crippen molar-refractivity contribution >= 4 is 5.97 Å². The molecule has 3 atom stereocenters. The molecule has 0 amide bonds. The third-order valence-corrected chi connectivity index (χ3v) is 3.30. The molecule has 2 aliphatic carbocycles. The van der Waals surface area contributed by atoms with Crippen molar-refractivity contribution in [3.05, 3.63) is 12.2 Å². The highest BCUT2D eigenvalue weighted by atomic mass is 16.5. The zero-order valence-corrected chi connectivity index (χ0v) is 8.74. The molecule has 0 N–H and O–H groups in total. The van der Waals surface area contributed by atoms with Gasteiger partial charge in [0, 0.05) is 0 Å². The van der Waals surface area contributed by atoms with Crippen LogP contribution >= 0.6 is 0 Å². The topological polar surface area (TPSA) is 26.3 Å². The van der Waals surface area contributed by atoms with E-state index in [1.807, 2.05) is 6.92 Å². The fourth-order valence-corrected chi connectivity index (χ4v) is 2.50. The number of carbonyl (C=O) groups is 1. The molecule has 0 aromatic rings. The summed E-state index contributed by atoms with van der Waals surface area (Å²) in [7, 11) is 0. The molecule has 2 nitrogen and oxygen atoms in total. The van der Waals surface area contributed by atoms with Crippen LogP contribution in [-0.2, 0) is 9.53 Å². The second kappa shape index (κ2) is 4.16. The van der Waals surface area contributed by atoms with Gasteiger partial charge in [-0.2, -0.15) is 0 Å². The Morgan fingerprint density at radius 3 is 3.14 bits per heavy atom. The number of hydrogen-bond donors (Lipinski definition) is 0. The van der Waals surface area contributed by atoms with E-state index in [4.69, 9.17) is 4.74 Å². The lowest BCUT2D eigenvalue weighted by atomic mass is 10.1. The Bertz CT molecular complexity index is 245. The van der Waals surface area contributed by atoms with Gasteiger partial charge in [0.15, 0.2) is 0 Å². The molecule has 0 radical (unpaired) electrons. The van der Waals surface area contributed by atoms with E-state index in [2.05, 4.69) is 12.2 Å². The van der Waals surface area contributed by atoms with E-state index in [1.54, 1.807) is 0 Å². The van der Waals surface area contributed by atoms with Gasteiger partial charge >= 0.3 is 5.97 Å². The fourth-order valence-electron chi connectivity index (χ4n) is 2.50. The molecule has 78 valence electrons. The van der Waals surface area contributed by atoms with Crippen molar-refractivity contribution < 1.29 is 9.53 Å². The number of ether oxygens (including phenoxy) is 1. The molecule has 1 fully saturated rings. The summed E-state index contributed by atoms with van der Waals surface area (Å²) in [5.74, 6) is 1.29. The summed E-state index contributed by atoms with van der Waals surface area (Å²) >= 11 is 0. The summed E-state index contributed by atoms with van der Waals surface area (Å²) in [5.41, 5.74) is 0. The van der Waals surface area contributed by atoms with E-state index in [0.717, 1.165) is 0 Å². The molecule has 0 aromatic heterocycles. The van der Waals surface area contributed by atoms with Crippen molar-refractivity contribution in [1.82, 2.24) is 0 Å². The first-order valence-electron chi connectivity index (χ1n) is 5.68. The van der Waals surface area contributed by atoms with E-state index >= 15 is 0 Å². The molecule has 2 aliphatic rings. The van der Waals surface area contributed by atoms with Gasteiger partial charge in [-0.3, -0.25) is 4.79 Å². The van der Waals surface area contributed by atoms with Crippen molar-refractivity contribution in [2.24, 2.45) is 17.8 Å². The fraction of sp³-hybridized carbons (Fsp3) is 0.750. The first-order valence-corrected chi connectivity index (χ1v) is 5.68. The van der Waals surface area contributed by atoms with Crippen molar-refractivity contribution in [2.75, 3.05) is 6.61 Å². The van der Waals surface area contributed by atoms with Crippen molar-refractivity contribution in [1.29, 1.82) is 0 Å². The monoisotopic (exact) mass is 194 g/mol. The van der Waals surface area contributed by atoms with Crippen LogP contribution in [0.5, 0.6) is 0 Å². The molecule has 0 saturated heterocycles. The molecule has 0 aliphatic heterocycles. The van der Waals surface area contributed by atoms with Gasteiger partial charge in [0.25, 0.3) is 0 Å². The lowest BCUT2D eigenvalue weighted by Gasteiger charge is -2.00. The van der Waals surface area contributed by atoms with Crippen LogP contribution in [0.3, 0.4) is 0 Å². The van der Waals surface area contributed by atoms with Crippen LogP contribution in [0.2, 0.25) is 0 Å². The van der Waals surface area contributed by atoms with Gasteiger partial charge in [0.1, 0.15) is 0 Å². The smallest absolute Gasteiger partial charge is 0.309 e. The molecule has 2 heteroatoms. The highest BCUT2D eigenvalue weighted by Crippen LogP contribution is 2.51. The maximum atomic E-state index is 11.5. The van der Waals surface area contributed by atoms with Crippen LogP contribution in [0.15, 0.2) is 12.2 Å².